The largest absolute Gasteiger partial charge is 0.455 e. The molecule has 19 heavy (non-hydrogen) atoms. The summed E-state index contributed by atoms with van der Waals surface area (Å²) in [6, 6.07) is 8.21. The quantitative estimate of drug-likeness (QED) is 0.887. The smallest absolute Gasteiger partial charge is 0.150 e. The molecule has 3 nitrogen and oxygen atoms in total. The van der Waals surface area contributed by atoms with E-state index in [0.717, 1.165) is 35.7 Å². The van der Waals surface area contributed by atoms with Crippen molar-refractivity contribution in [3.05, 3.63) is 53.3 Å². The number of aryl methyl sites for hydroxylation is 2. The van der Waals surface area contributed by atoms with Gasteiger partial charge in [0.15, 0.2) is 0 Å². The van der Waals surface area contributed by atoms with Crippen LogP contribution in [0.4, 0.5) is 0 Å². The number of nitrogens with one attached hydrogen (secondary N) is 1. The molecule has 0 spiro atoms. The van der Waals surface area contributed by atoms with Crippen LogP contribution in [0.15, 0.2) is 36.7 Å². The van der Waals surface area contributed by atoms with Crippen LogP contribution in [0.3, 0.4) is 0 Å². The summed E-state index contributed by atoms with van der Waals surface area (Å²) in [7, 11) is 0. The fourth-order valence-electron chi connectivity index (χ4n) is 1.84. The van der Waals surface area contributed by atoms with Crippen LogP contribution in [0, 0.1) is 13.8 Å². The van der Waals surface area contributed by atoms with Gasteiger partial charge in [-0.05, 0) is 43.7 Å². The van der Waals surface area contributed by atoms with Gasteiger partial charge in [0.05, 0.1) is 6.20 Å². The standard InChI is InChI=1S/C16H20N2O/c1-4-17-10-14-7-8-18-11-16(14)19-15-9-12(2)5-6-13(15)3/h5-9,11,17H,4,10H2,1-3H3. The first-order valence-electron chi connectivity index (χ1n) is 6.59. The number of ether oxygens (including phenoxy) is 1. The maximum Gasteiger partial charge on any atom is 0.150 e. The van der Waals surface area contributed by atoms with Gasteiger partial charge in [-0.1, -0.05) is 19.1 Å². The Hall–Kier alpha value is -1.87. The minimum absolute atomic E-state index is 0.791. The summed E-state index contributed by atoms with van der Waals surface area (Å²) >= 11 is 0. The van der Waals surface area contributed by atoms with Gasteiger partial charge in [0, 0.05) is 18.3 Å². The molecule has 0 bridgehead atoms. The minimum atomic E-state index is 0.791. The van der Waals surface area contributed by atoms with Crippen LogP contribution in [0.2, 0.25) is 0 Å². The van der Waals surface area contributed by atoms with Gasteiger partial charge in [0.2, 0.25) is 0 Å². The Morgan fingerprint density at radius 3 is 2.79 bits per heavy atom. The lowest BCUT2D eigenvalue weighted by molar-refractivity contribution is 0.467. The molecule has 0 aliphatic heterocycles. The topological polar surface area (TPSA) is 34.2 Å². The van der Waals surface area contributed by atoms with Crippen molar-refractivity contribution in [3.63, 3.8) is 0 Å². The molecule has 1 heterocycles. The average molecular weight is 256 g/mol. The minimum Gasteiger partial charge on any atom is -0.455 e. The molecule has 0 aliphatic rings. The highest BCUT2D eigenvalue weighted by molar-refractivity contribution is 5.41. The highest BCUT2D eigenvalue weighted by Crippen LogP contribution is 2.27. The molecule has 0 saturated heterocycles. The van der Waals surface area contributed by atoms with Crippen LogP contribution in [-0.2, 0) is 6.54 Å². The van der Waals surface area contributed by atoms with Gasteiger partial charge in [-0.25, -0.2) is 0 Å². The van der Waals surface area contributed by atoms with E-state index < -0.39 is 0 Å². The Labute approximate surface area is 114 Å². The zero-order valence-electron chi connectivity index (χ0n) is 11.7. The summed E-state index contributed by atoms with van der Waals surface area (Å²) in [5, 5.41) is 3.31. The van der Waals surface area contributed by atoms with Gasteiger partial charge in [-0.15, -0.1) is 0 Å². The second-order valence-electron chi connectivity index (χ2n) is 4.63. The highest BCUT2D eigenvalue weighted by Gasteiger charge is 2.06. The highest BCUT2D eigenvalue weighted by atomic mass is 16.5. The van der Waals surface area contributed by atoms with E-state index in [2.05, 4.69) is 49.3 Å². The lowest BCUT2D eigenvalue weighted by atomic mass is 10.1. The summed E-state index contributed by atoms with van der Waals surface area (Å²) in [6.45, 7) is 7.93. The van der Waals surface area contributed by atoms with Crippen LogP contribution >= 0.6 is 0 Å². The zero-order valence-corrected chi connectivity index (χ0v) is 11.7. The Bertz CT molecular complexity index is 552. The molecule has 100 valence electrons. The Morgan fingerprint density at radius 1 is 1.16 bits per heavy atom. The van der Waals surface area contributed by atoms with E-state index in [-0.39, 0.29) is 0 Å². The number of pyridine rings is 1. The van der Waals surface area contributed by atoms with Crippen LogP contribution in [0.5, 0.6) is 11.5 Å². The van der Waals surface area contributed by atoms with E-state index in [1.54, 1.807) is 12.4 Å². The Balaban J connectivity index is 2.25. The van der Waals surface area contributed by atoms with Crippen LogP contribution < -0.4 is 10.1 Å². The second-order valence-corrected chi connectivity index (χ2v) is 4.63. The lowest BCUT2D eigenvalue weighted by Crippen LogP contribution is -2.12. The molecule has 1 aromatic carbocycles. The molecule has 2 aromatic rings. The van der Waals surface area contributed by atoms with E-state index >= 15 is 0 Å². The van der Waals surface area contributed by atoms with E-state index in [4.69, 9.17) is 4.74 Å². The first kappa shape index (κ1) is 13.6. The van der Waals surface area contributed by atoms with Gasteiger partial charge >= 0.3 is 0 Å². The average Bonchev–Trinajstić information content (AvgIpc) is 2.42. The molecule has 1 aromatic heterocycles. The number of hydrogen-bond acceptors (Lipinski definition) is 3. The van der Waals surface area contributed by atoms with Crippen LogP contribution in [0.25, 0.3) is 0 Å². The van der Waals surface area contributed by atoms with Gasteiger partial charge in [-0.2, -0.15) is 0 Å². The third-order valence-corrected chi connectivity index (χ3v) is 3.00. The molecule has 0 radical (unpaired) electrons. The van der Waals surface area contributed by atoms with Crippen molar-refractivity contribution < 1.29 is 4.74 Å². The third-order valence-electron chi connectivity index (χ3n) is 3.00. The first-order valence-corrected chi connectivity index (χ1v) is 6.59. The normalized spacial score (nSPS) is 10.5. The molecule has 0 aliphatic carbocycles. The molecule has 0 fully saturated rings. The summed E-state index contributed by atoms with van der Waals surface area (Å²) < 4.78 is 6.02. The summed E-state index contributed by atoms with van der Waals surface area (Å²) in [6.07, 6.45) is 3.57. The van der Waals surface area contributed by atoms with Gasteiger partial charge < -0.3 is 10.1 Å². The Morgan fingerprint density at radius 2 is 2.00 bits per heavy atom. The van der Waals surface area contributed by atoms with E-state index in [9.17, 15) is 0 Å². The Kier molecular flexibility index (Phi) is 4.53. The summed E-state index contributed by atoms with van der Waals surface area (Å²) in [5.41, 5.74) is 3.44. The number of rotatable bonds is 5. The van der Waals surface area contributed by atoms with Crippen molar-refractivity contribution in [3.8, 4) is 11.5 Å². The van der Waals surface area contributed by atoms with Crippen molar-refractivity contribution in [1.29, 1.82) is 0 Å². The zero-order chi connectivity index (χ0) is 13.7. The van der Waals surface area contributed by atoms with Crippen molar-refractivity contribution in [1.82, 2.24) is 10.3 Å². The van der Waals surface area contributed by atoms with Gasteiger partial charge in [-0.3, -0.25) is 4.98 Å². The molecule has 0 unspecified atom stereocenters. The molecule has 3 heteroatoms. The molecule has 2 rings (SSSR count). The first-order chi connectivity index (χ1) is 9.20. The van der Waals surface area contributed by atoms with Crippen molar-refractivity contribution in [2.45, 2.75) is 27.3 Å². The fourth-order valence-corrected chi connectivity index (χ4v) is 1.84. The summed E-state index contributed by atoms with van der Waals surface area (Å²) in [5.74, 6) is 1.71. The second kappa shape index (κ2) is 6.34. The monoisotopic (exact) mass is 256 g/mol. The van der Waals surface area contributed by atoms with Crippen molar-refractivity contribution >= 4 is 0 Å². The fraction of sp³-hybridized carbons (Fsp3) is 0.312. The third kappa shape index (κ3) is 3.55. The number of nitrogens with zero attached hydrogens (tertiary/aromatic N) is 1. The predicted octanol–water partition coefficient (Wildman–Crippen LogP) is 3.60. The van der Waals surface area contributed by atoms with Gasteiger partial charge in [0.25, 0.3) is 0 Å². The van der Waals surface area contributed by atoms with Crippen molar-refractivity contribution in [2.24, 2.45) is 0 Å². The molecule has 1 N–H and O–H groups in total. The summed E-state index contributed by atoms with van der Waals surface area (Å²) in [4.78, 5) is 4.15. The van der Waals surface area contributed by atoms with E-state index in [0.29, 0.717) is 0 Å². The maximum atomic E-state index is 6.02. The predicted molar refractivity (Wildman–Crippen MR) is 77.6 cm³/mol. The van der Waals surface area contributed by atoms with Gasteiger partial charge in [0.1, 0.15) is 11.5 Å². The number of benzene rings is 1. The number of aromatic nitrogens is 1. The molecular formula is C16H20N2O. The maximum absolute atomic E-state index is 6.02. The SMILES string of the molecule is CCNCc1ccncc1Oc1cc(C)ccc1C. The number of hydrogen-bond donors (Lipinski definition) is 1. The van der Waals surface area contributed by atoms with Crippen LogP contribution in [-0.4, -0.2) is 11.5 Å². The molecule has 0 saturated carbocycles. The van der Waals surface area contributed by atoms with Crippen LogP contribution in [0.1, 0.15) is 23.6 Å². The van der Waals surface area contributed by atoms with E-state index in [1.165, 1.54) is 5.56 Å². The van der Waals surface area contributed by atoms with E-state index in [1.807, 2.05) is 6.07 Å². The lowest BCUT2D eigenvalue weighted by Gasteiger charge is -2.13. The molecule has 0 atom stereocenters. The molecule has 0 amide bonds. The molecular weight excluding hydrogens is 236 g/mol. The van der Waals surface area contributed by atoms with Crippen molar-refractivity contribution in [2.75, 3.05) is 6.54 Å².